The van der Waals surface area contributed by atoms with Crippen molar-refractivity contribution in [1.29, 1.82) is 0 Å². The van der Waals surface area contributed by atoms with Gasteiger partial charge in [-0.3, -0.25) is 0 Å². The van der Waals surface area contributed by atoms with E-state index in [1.807, 2.05) is 31.2 Å². The number of ether oxygens (including phenoxy) is 1. The Labute approximate surface area is 128 Å². The smallest absolute Gasteiger partial charge is 0.407 e. The minimum absolute atomic E-state index is 0.197. The summed E-state index contributed by atoms with van der Waals surface area (Å²) in [4.78, 5) is 26.1. The molecule has 0 spiro atoms. The van der Waals surface area contributed by atoms with Crippen molar-refractivity contribution in [3.8, 4) is 0 Å². The van der Waals surface area contributed by atoms with Crippen LogP contribution in [0.15, 0.2) is 30.5 Å². The molecule has 0 radical (unpaired) electrons. The number of hydrogen-bond donors (Lipinski definition) is 3. The molecule has 0 aliphatic carbocycles. The lowest BCUT2D eigenvalue weighted by atomic mass is 10.1. The van der Waals surface area contributed by atoms with Gasteiger partial charge in [-0.05, 0) is 18.1 Å². The van der Waals surface area contributed by atoms with Gasteiger partial charge in [0.25, 0.3) is 0 Å². The molecule has 1 aromatic heterocycles. The molecule has 0 saturated carbocycles. The average Bonchev–Trinajstić information content (AvgIpc) is 2.90. The highest BCUT2D eigenvalue weighted by Crippen LogP contribution is 2.19. The van der Waals surface area contributed by atoms with E-state index in [2.05, 4.69) is 10.3 Å². The van der Waals surface area contributed by atoms with E-state index in [-0.39, 0.29) is 6.42 Å². The Morgan fingerprint density at radius 3 is 2.86 bits per heavy atom. The van der Waals surface area contributed by atoms with Gasteiger partial charge in [0.1, 0.15) is 6.04 Å². The van der Waals surface area contributed by atoms with Crippen LogP contribution in [0.2, 0.25) is 0 Å². The second kappa shape index (κ2) is 7.49. The summed E-state index contributed by atoms with van der Waals surface area (Å²) in [6.07, 6.45) is 2.94. The zero-order valence-corrected chi connectivity index (χ0v) is 12.5. The fourth-order valence-corrected chi connectivity index (χ4v) is 2.21. The van der Waals surface area contributed by atoms with E-state index < -0.39 is 18.1 Å². The molecule has 0 unspecified atom stereocenters. The van der Waals surface area contributed by atoms with Crippen molar-refractivity contribution in [3.05, 3.63) is 36.0 Å². The number of benzene rings is 1. The maximum absolute atomic E-state index is 11.6. The van der Waals surface area contributed by atoms with Crippen LogP contribution in [0.4, 0.5) is 4.79 Å². The molecule has 6 heteroatoms. The Hall–Kier alpha value is -2.50. The van der Waals surface area contributed by atoms with Crippen molar-refractivity contribution in [2.75, 3.05) is 6.61 Å². The predicted octanol–water partition coefficient (Wildman–Crippen LogP) is 2.69. The largest absolute Gasteiger partial charge is 0.480 e. The monoisotopic (exact) mass is 304 g/mol. The van der Waals surface area contributed by atoms with Gasteiger partial charge < -0.3 is 20.1 Å². The van der Waals surface area contributed by atoms with Gasteiger partial charge in [0.05, 0.1) is 6.61 Å². The van der Waals surface area contributed by atoms with Crippen LogP contribution in [0.3, 0.4) is 0 Å². The van der Waals surface area contributed by atoms with Crippen molar-refractivity contribution in [2.24, 2.45) is 0 Å². The van der Waals surface area contributed by atoms with Gasteiger partial charge in [0, 0.05) is 23.5 Å². The molecule has 3 N–H and O–H groups in total. The Bertz CT molecular complexity index is 650. The minimum Gasteiger partial charge on any atom is -0.480 e. The molecule has 1 amide bonds. The Balaban J connectivity index is 2.03. The molecule has 0 aliphatic heterocycles. The normalized spacial score (nSPS) is 12.0. The van der Waals surface area contributed by atoms with Crippen molar-refractivity contribution in [1.82, 2.24) is 10.3 Å². The number of carbonyl (C=O) groups excluding carboxylic acids is 1. The molecule has 6 nitrogen and oxygen atoms in total. The summed E-state index contributed by atoms with van der Waals surface area (Å²) in [5.41, 5.74) is 1.78. The lowest BCUT2D eigenvalue weighted by Crippen LogP contribution is -2.42. The molecule has 2 aromatic rings. The summed E-state index contributed by atoms with van der Waals surface area (Å²) in [5, 5.41) is 12.6. The lowest BCUT2D eigenvalue weighted by Gasteiger charge is -2.14. The van der Waals surface area contributed by atoms with Crippen LogP contribution in [0.5, 0.6) is 0 Å². The number of fused-ring (bicyclic) bond motifs is 1. The zero-order chi connectivity index (χ0) is 15.9. The Kier molecular flexibility index (Phi) is 5.41. The van der Waals surface area contributed by atoms with E-state index >= 15 is 0 Å². The van der Waals surface area contributed by atoms with Crippen LogP contribution in [-0.2, 0) is 16.0 Å². The summed E-state index contributed by atoms with van der Waals surface area (Å²) in [6.45, 7) is 2.28. The second-order valence-corrected chi connectivity index (χ2v) is 5.09. The fraction of sp³-hybridized carbons (Fsp3) is 0.375. The molecule has 1 atom stereocenters. The third kappa shape index (κ3) is 4.00. The number of hydrogen-bond acceptors (Lipinski definition) is 3. The SMILES string of the molecule is CCCCOC(=O)N[C@H](Cc1c[nH]c2ccccc12)C(=O)O. The minimum atomic E-state index is -1.09. The number of unbranched alkanes of at least 4 members (excludes halogenated alkanes) is 1. The highest BCUT2D eigenvalue weighted by Gasteiger charge is 2.22. The van der Waals surface area contributed by atoms with E-state index in [9.17, 15) is 14.7 Å². The first-order valence-electron chi connectivity index (χ1n) is 7.33. The van der Waals surface area contributed by atoms with E-state index in [4.69, 9.17) is 4.74 Å². The number of aromatic amines is 1. The molecular formula is C16H20N2O4. The second-order valence-electron chi connectivity index (χ2n) is 5.09. The molecule has 2 rings (SSSR count). The van der Waals surface area contributed by atoms with Crippen LogP contribution in [0.25, 0.3) is 10.9 Å². The number of alkyl carbamates (subject to hydrolysis) is 1. The first-order valence-corrected chi connectivity index (χ1v) is 7.33. The fourth-order valence-electron chi connectivity index (χ4n) is 2.21. The summed E-state index contributed by atoms with van der Waals surface area (Å²) < 4.78 is 4.95. The molecule has 22 heavy (non-hydrogen) atoms. The van der Waals surface area contributed by atoms with Gasteiger partial charge in [-0.25, -0.2) is 9.59 Å². The highest BCUT2D eigenvalue weighted by molar-refractivity contribution is 5.85. The van der Waals surface area contributed by atoms with Crippen LogP contribution in [0.1, 0.15) is 25.3 Å². The number of H-pyrrole nitrogens is 1. The average molecular weight is 304 g/mol. The third-order valence-electron chi connectivity index (χ3n) is 3.42. The summed E-state index contributed by atoms with van der Waals surface area (Å²) in [6, 6.07) is 6.61. The van der Waals surface area contributed by atoms with Gasteiger partial charge >= 0.3 is 12.1 Å². The first kappa shape index (κ1) is 15.9. The van der Waals surface area contributed by atoms with Crippen molar-refractivity contribution in [3.63, 3.8) is 0 Å². The van der Waals surface area contributed by atoms with Crippen molar-refractivity contribution in [2.45, 2.75) is 32.2 Å². The summed E-state index contributed by atoms with van der Waals surface area (Å²) >= 11 is 0. The molecule has 0 bridgehead atoms. The van der Waals surface area contributed by atoms with Gasteiger partial charge in [0.15, 0.2) is 0 Å². The van der Waals surface area contributed by atoms with Crippen LogP contribution in [0, 0.1) is 0 Å². The van der Waals surface area contributed by atoms with Gasteiger partial charge in [-0.15, -0.1) is 0 Å². The maximum Gasteiger partial charge on any atom is 0.407 e. The van der Waals surface area contributed by atoms with E-state index in [0.29, 0.717) is 6.61 Å². The molecule has 0 fully saturated rings. The number of amides is 1. The van der Waals surface area contributed by atoms with Crippen LogP contribution < -0.4 is 5.32 Å². The van der Waals surface area contributed by atoms with E-state index in [0.717, 1.165) is 29.3 Å². The standard InChI is InChI=1S/C16H20N2O4/c1-2-3-8-22-16(21)18-14(15(19)20)9-11-10-17-13-7-5-4-6-12(11)13/h4-7,10,14,17H,2-3,8-9H2,1H3,(H,18,21)(H,19,20)/t14-/m1/s1. The summed E-state index contributed by atoms with van der Waals surface area (Å²) in [5.74, 6) is -1.09. The van der Waals surface area contributed by atoms with Crippen molar-refractivity contribution < 1.29 is 19.4 Å². The maximum atomic E-state index is 11.6. The predicted molar refractivity (Wildman–Crippen MR) is 82.8 cm³/mol. The Morgan fingerprint density at radius 1 is 1.36 bits per heavy atom. The first-order chi connectivity index (χ1) is 10.6. The van der Waals surface area contributed by atoms with Crippen LogP contribution in [-0.4, -0.2) is 34.8 Å². The van der Waals surface area contributed by atoms with Gasteiger partial charge in [-0.2, -0.15) is 0 Å². The number of carboxylic acid groups (broad SMARTS) is 1. The number of nitrogens with one attached hydrogen (secondary N) is 2. The van der Waals surface area contributed by atoms with Gasteiger partial charge in [-0.1, -0.05) is 31.5 Å². The van der Waals surface area contributed by atoms with E-state index in [1.54, 1.807) is 6.20 Å². The highest BCUT2D eigenvalue weighted by atomic mass is 16.5. The molecule has 0 aliphatic rings. The zero-order valence-electron chi connectivity index (χ0n) is 12.5. The number of rotatable bonds is 7. The lowest BCUT2D eigenvalue weighted by molar-refractivity contribution is -0.139. The molecule has 1 aromatic carbocycles. The van der Waals surface area contributed by atoms with E-state index in [1.165, 1.54) is 0 Å². The number of aromatic nitrogens is 1. The molecule has 1 heterocycles. The topological polar surface area (TPSA) is 91.4 Å². The number of carboxylic acids is 1. The quantitative estimate of drug-likeness (QED) is 0.686. The molecule has 118 valence electrons. The Morgan fingerprint density at radius 2 is 2.14 bits per heavy atom. The third-order valence-corrected chi connectivity index (χ3v) is 3.42. The number of para-hydroxylation sites is 1. The number of carbonyl (C=O) groups is 2. The molecule has 0 saturated heterocycles. The molecular weight excluding hydrogens is 284 g/mol. The van der Waals surface area contributed by atoms with Gasteiger partial charge in [0.2, 0.25) is 0 Å². The van der Waals surface area contributed by atoms with Crippen LogP contribution >= 0.6 is 0 Å². The summed E-state index contributed by atoms with van der Waals surface area (Å²) in [7, 11) is 0. The van der Waals surface area contributed by atoms with Crippen molar-refractivity contribution >= 4 is 23.0 Å². The number of aliphatic carboxylic acids is 1.